The summed E-state index contributed by atoms with van der Waals surface area (Å²) in [6.45, 7) is 6.49. The topological polar surface area (TPSA) is 88.5 Å². The Kier molecular flexibility index (Phi) is 9.76. The van der Waals surface area contributed by atoms with Crippen LogP contribution >= 0.6 is 0 Å². The molecule has 0 spiro atoms. The van der Waals surface area contributed by atoms with Crippen LogP contribution in [0.3, 0.4) is 0 Å². The fraction of sp³-hybridized carbons (Fsp3) is 0.263. The van der Waals surface area contributed by atoms with E-state index in [0.717, 1.165) is 30.8 Å². The van der Waals surface area contributed by atoms with Gasteiger partial charge in [-0.25, -0.2) is 0 Å². The van der Waals surface area contributed by atoms with Crippen molar-refractivity contribution in [1.29, 1.82) is 0 Å². The molecule has 1 N–H and O–H groups in total. The Labute approximate surface area is 269 Å². The minimum Gasteiger partial charge on any atom is -0.507 e. The predicted octanol–water partition coefficient (Wildman–Crippen LogP) is 6.51. The van der Waals surface area contributed by atoms with Crippen molar-refractivity contribution in [3.05, 3.63) is 131 Å². The molecule has 1 amide bonds. The maximum atomic E-state index is 13.7. The fourth-order valence-corrected chi connectivity index (χ4v) is 5.97. The number of para-hydroxylation sites is 1. The lowest BCUT2D eigenvalue weighted by Crippen LogP contribution is -2.38. The number of benzene rings is 4. The molecule has 2 aliphatic rings. The summed E-state index contributed by atoms with van der Waals surface area (Å²) in [5.41, 5.74) is 3.03. The van der Waals surface area contributed by atoms with Gasteiger partial charge in [-0.1, -0.05) is 60.7 Å². The van der Waals surface area contributed by atoms with Gasteiger partial charge in [0, 0.05) is 31.7 Å². The molecular formula is C38H38N2O6. The van der Waals surface area contributed by atoms with E-state index < -0.39 is 17.7 Å². The molecular weight excluding hydrogens is 580 g/mol. The Hall–Kier alpha value is -4.92. The standard InChI is InChI=1S/C38H38N2O6/c1-27-24-30(16-17-33(27)45-26-28-10-4-2-5-11-28)36(41)34-35(29-12-8-15-32(25-29)46-31-13-6-3-7-14-31)40(38(43)37(34)42)19-9-18-39-20-22-44-23-21-39/h2-8,10-17,24-25,35,41H,9,18-23,26H2,1H3/b36-34-. The molecule has 2 aliphatic heterocycles. The van der Waals surface area contributed by atoms with Crippen molar-refractivity contribution < 1.29 is 28.9 Å². The number of morpholine rings is 1. The smallest absolute Gasteiger partial charge is 0.295 e. The summed E-state index contributed by atoms with van der Waals surface area (Å²) in [6, 6.07) is 31.2. The number of ketones is 1. The average molecular weight is 619 g/mol. The first kappa shape index (κ1) is 31.1. The number of likely N-dealkylation sites (tertiary alicyclic amines) is 1. The maximum Gasteiger partial charge on any atom is 0.295 e. The lowest BCUT2D eigenvalue weighted by atomic mass is 9.94. The molecule has 0 saturated carbocycles. The molecule has 46 heavy (non-hydrogen) atoms. The van der Waals surface area contributed by atoms with Crippen molar-refractivity contribution >= 4 is 17.4 Å². The van der Waals surface area contributed by atoms with Crippen molar-refractivity contribution in [2.75, 3.05) is 39.4 Å². The summed E-state index contributed by atoms with van der Waals surface area (Å²) >= 11 is 0. The maximum absolute atomic E-state index is 13.7. The number of aliphatic hydroxyl groups excluding tert-OH is 1. The lowest BCUT2D eigenvalue weighted by molar-refractivity contribution is -0.140. The quantitative estimate of drug-likeness (QED) is 0.116. The summed E-state index contributed by atoms with van der Waals surface area (Å²) in [5.74, 6) is 0.368. The van der Waals surface area contributed by atoms with Crippen molar-refractivity contribution in [3.8, 4) is 17.2 Å². The van der Waals surface area contributed by atoms with E-state index in [9.17, 15) is 14.7 Å². The summed E-state index contributed by atoms with van der Waals surface area (Å²) in [7, 11) is 0. The molecule has 236 valence electrons. The van der Waals surface area contributed by atoms with Crippen molar-refractivity contribution in [3.63, 3.8) is 0 Å². The SMILES string of the molecule is Cc1cc(/C(O)=C2/C(=O)C(=O)N(CCCN3CCOCC3)C2c2cccc(Oc3ccccc3)c2)ccc1OCc1ccccc1. The van der Waals surface area contributed by atoms with E-state index in [2.05, 4.69) is 4.90 Å². The van der Waals surface area contributed by atoms with E-state index in [1.807, 2.05) is 91.9 Å². The molecule has 0 radical (unpaired) electrons. The van der Waals surface area contributed by atoms with Gasteiger partial charge in [0.15, 0.2) is 0 Å². The normalized spacial score (nSPS) is 18.1. The van der Waals surface area contributed by atoms with Gasteiger partial charge in [0.1, 0.15) is 29.6 Å². The molecule has 4 aromatic carbocycles. The molecule has 8 nitrogen and oxygen atoms in total. The van der Waals surface area contributed by atoms with E-state index in [1.165, 1.54) is 0 Å². The molecule has 0 bridgehead atoms. The van der Waals surface area contributed by atoms with Crippen LogP contribution in [0.1, 0.15) is 34.7 Å². The van der Waals surface area contributed by atoms with Crippen molar-refractivity contribution in [1.82, 2.24) is 9.80 Å². The summed E-state index contributed by atoms with van der Waals surface area (Å²) in [5, 5.41) is 11.7. The van der Waals surface area contributed by atoms with Gasteiger partial charge in [-0.15, -0.1) is 0 Å². The van der Waals surface area contributed by atoms with Gasteiger partial charge >= 0.3 is 0 Å². The zero-order valence-electron chi connectivity index (χ0n) is 25.9. The van der Waals surface area contributed by atoms with E-state index in [1.54, 1.807) is 23.1 Å². The van der Waals surface area contributed by atoms with Crippen LogP contribution in [0.15, 0.2) is 109 Å². The van der Waals surface area contributed by atoms with Gasteiger partial charge in [-0.3, -0.25) is 14.5 Å². The number of carbonyl (C=O) groups is 2. The summed E-state index contributed by atoms with van der Waals surface area (Å²) < 4.78 is 17.6. The summed E-state index contributed by atoms with van der Waals surface area (Å²) in [6.07, 6.45) is 0.677. The van der Waals surface area contributed by atoms with Crippen molar-refractivity contribution in [2.24, 2.45) is 0 Å². The van der Waals surface area contributed by atoms with Crippen LogP contribution in [0.25, 0.3) is 5.76 Å². The second-order valence-corrected chi connectivity index (χ2v) is 11.5. The van der Waals surface area contributed by atoms with E-state index in [-0.39, 0.29) is 11.3 Å². The third-order valence-corrected chi connectivity index (χ3v) is 8.36. The zero-order valence-corrected chi connectivity index (χ0v) is 25.9. The first-order valence-electron chi connectivity index (χ1n) is 15.7. The Bertz CT molecular complexity index is 1700. The van der Waals surface area contributed by atoms with E-state index >= 15 is 0 Å². The highest BCUT2D eigenvalue weighted by Crippen LogP contribution is 2.41. The second-order valence-electron chi connectivity index (χ2n) is 11.5. The van der Waals surface area contributed by atoms with Crippen LogP contribution in [0.2, 0.25) is 0 Å². The van der Waals surface area contributed by atoms with Crippen LogP contribution in [-0.2, 0) is 20.9 Å². The highest BCUT2D eigenvalue weighted by molar-refractivity contribution is 6.46. The number of Topliss-reactive ketones (excluding diaryl/α,β-unsaturated/α-hetero) is 1. The fourth-order valence-electron chi connectivity index (χ4n) is 5.97. The Balaban J connectivity index is 1.31. The number of rotatable bonds is 11. The monoisotopic (exact) mass is 618 g/mol. The van der Waals surface area contributed by atoms with Crippen LogP contribution in [-0.4, -0.2) is 66.0 Å². The number of amides is 1. The average Bonchev–Trinajstić information content (AvgIpc) is 3.34. The van der Waals surface area contributed by atoms with Gasteiger partial charge in [0.25, 0.3) is 11.7 Å². The van der Waals surface area contributed by atoms with E-state index in [0.29, 0.717) is 61.2 Å². The molecule has 4 aromatic rings. The number of hydrogen-bond donors (Lipinski definition) is 1. The zero-order chi connectivity index (χ0) is 31.9. The third kappa shape index (κ3) is 7.14. The van der Waals surface area contributed by atoms with Crippen LogP contribution in [0, 0.1) is 6.92 Å². The highest BCUT2D eigenvalue weighted by Gasteiger charge is 2.46. The predicted molar refractivity (Wildman–Crippen MR) is 176 cm³/mol. The molecule has 1 unspecified atom stereocenters. The Morgan fingerprint density at radius 1 is 0.848 bits per heavy atom. The van der Waals surface area contributed by atoms with Crippen LogP contribution in [0.5, 0.6) is 17.2 Å². The van der Waals surface area contributed by atoms with Gasteiger partial charge in [0.05, 0.1) is 24.8 Å². The molecule has 0 aliphatic carbocycles. The minimum atomic E-state index is -0.779. The molecule has 2 saturated heterocycles. The molecule has 1 atom stereocenters. The van der Waals surface area contributed by atoms with Crippen molar-refractivity contribution in [2.45, 2.75) is 26.0 Å². The summed E-state index contributed by atoms with van der Waals surface area (Å²) in [4.78, 5) is 31.1. The molecule has 8 heteroatoms. The Morgan fingerprint density at radius 3 is 2.30 bits per heavy atom. The van der Waals surface area contributed by atoms with Crippen LogP contribution in [0.4, 0.5) is 0 Å². The highest BCUT2D eigenvalue weighted by atomic mass is 16.5. The van der Waals surface area contributed by atoms with Gasteiger partial charge in [-0.05, 0) is 72.5 Å². The van der Waals surface area contributed by atoms with Gasteiger partial charge in [-0.2, -0.15) is 0 Å². The number of ether oxygens (including phenoxy) is 3. The first-order valence-corrected chi connectivity index (χ1v) is 15.7. The van der Waals surface area contributed by atoms with Gasteiger partial charge < -0.3 is 24.2 Å². The Morgan fingerprint density at radius 2 is 1.57 bits per heavy atom. The second kappa shape index (κ2) is 14.5. The van der Waals surface area contributed by atoms with E-state index in [4.69, 9.17) is 14.2 Å². The minimum absolute atomic E-state index is 0.0607. The van der Waals surface area contributed by atoms with Gasteiger partial charge in [0.2, 0.25) is 0 Å². The number of aliphatic hydroxyl groups is 1. The number of carbonyl (C=O) groups excluding carboxylic acids is 2. The molecule has 6 rings (SSSR count). The molecule has 0 aromatic heterocycles. The number of hydrogen-bond acceptors (Lipinski definition) is 7. The lowest BCUT2D eigenvalue weighted by Gasteiger charge is -2.29. The largest absolute Gasteiger partial charge is 0.507 e. The first-order chi connectivity index (χ1) is 22.5. The molecule has 2 fully saturated rings. The number of nitrogens with zero attached hydrogens (tertiary/aromatic N) is 2. The van der Waals surface area contributed by atoms with Crippen LogP contribution < -0.4 is 9.47 Å². The number of aryl methyl sites for hydroxylation is 1. The third-order valence-electron chi connectivity index (χ3n) is 8.36. The molecule has 2 heterocycles.